The fraction of sp³-hybridized carbons (Fsp3) is 0.143. The number of halogens is 3. The molecule has 2 nitrogen and oxygen atoms in total. The van der Waals surface area contributed by atoms with E-state index < -0.39 is 0 Å². The molecule has 0 fully saturated rings. The van der Waals surface area contributed by atoms with Gasteiger partial charge in [-0.2, -0.15) is 0 Å². The van der Waals surface area contributed by atoms with E-state index in [0.717, 1.165) is 15.7 Å². The summed E-state index contributed by atoms with van der Waals surface area (Å²) in [7, 11) is 1.51. The molecule has 0 radical (unpaired) electrons. The van der Waals surface area contributed by atoms with Crippen LogP contribution in [0.1, 0.15) is 5.56 Å². The summed E-state index contributed by atoms with van der Waals surface area (Å²) in [6, 6.07) is 9.97. The predicted molar refractivity (Wildman–Crippen MR) is 79.4 cm³/mol. The summed E-state index contributed by atoms with van der Waals surface area (Å²) >= 11 is 9.34. The average molecular weight is 345 g/mol. The Labute approximate surface area is 124 Å². The van der Waals surface area contributed by atoms with Crippen molar-refractivity contribution in [1.29, 1.82) is 0 Å². The minimum absolute atomic E-state index is 0.324. The maximum atomic E-state index is 13.1. The van der Waals surface area contributed by atoms with Crippen LogP contribution in [0.4, 0.5) is 10.1 Å². The molecule has 0 unspecified atom stereocenters. The molecule has 0 aliphatic heterocycles. The number of ether oxygens (including phenoxy) is 1. The van der Waals surface area contributed by atoms with Gasteiger partial charge in [0.15, 0.2) is 0 Å². The molecular formula is C14H12BrClFNO. The Morgan fingerprint density at radius 2 is 2.05 bits per heavy atom. The molecule has 0 atom stereocenters. The van der Waals surface area contributed by atoms with E-state index in [1.54, 1.807) is 6.07 Å². The molecule has 19 heavy (non-hydrogen) atoms. The van der Waals surface area contributed by atoms with Crippen LogP contribution in [-0.4, -0.2) is 7.11 Å². The van der Waals surface area contributed by atoms with E-state index in [9.17, 15) is 4.39 Å². The van der Waals surface area contributed by atoms with Gasteiger partial charge in [0.1, 0.15) is 11.6 Å². The van der Waals surface area contributed by atoms with E-state index in [2.05, 4.69) is 21.2 Å². The molecule has 2 aromatic carbocycles. The second kappa shape index (κ2) is 6.26. The van der Waals surface area contributed by atoms with Gasteiger partial charge in [-0.25, -0.2) is 4.39 Å². The molecule has 0 spiro atoms. The Hall–Kier alpha value is -1.26. The van der Waals surface area contributed by atoms with E-state index in [4.69, 9.17) is 16.3 Å². The highest BCUT2D eigenvalue weighted by Gasteiger charge is 2.06. The van der Waals surface area contributed by atoms with E-state index in [-0.39, 0.29) is 5.82 Å². The van der Waals surface area contributed by atoms with Gasteiger partial charge in [-0.1, -0.05) is 33.6 Å². The van der Waals surface area contributed by atoms with Gasteiger partial charge in [0.05, 0.1) is 12.8 Å². The minimum Gasteiger partial charge on any atom is -0.494 e. The van der Waals surface area contributed by atoms with Crippen molar-refractivity contribution in [3.05, 3.63) is 57.3 Å². The lowest BCUT2D eigenvalue weighted by molar-refractivity contribution is 0.413. The third-order valence-electron chi connectivity index (χ3n) is 2.65. The van der Waals surface area contributed by atoms with Crippen LogP contribution in [0, 0.1) is 5.82 Å². The van der Waals surface area contributed by atoms with Crippen LogP contribution in [0.5, 0.6) is 5.75 Å². The second-order valence-electron chi connectivity index (χ2n) is 3.93. The van der Waals surface area contributed by atoms with Gasteiger partial charge >= 0.3 is 0 Å². The number of rotatable bonds is 4. The maximum absolute atomic E-state index is 13.1. The number of methoxy groups -OCH3 is 1. The lowest BCUT2D eigenvalue weighted by Gasteiger charge is -2.12. The summed E-state index contributed by atoms with van der Waals surface area (Å²) in [5.41, 5.74) is 1.79. The Bertz CT molecular complexity index is 592. The summed E-state index contributed by atoms with van der Waals surface area (Å²) in [4.78, 5) is 0. The zero-order chi connectivity index (χ0) is 13.8. The summed E-state index contributed by atoms with van der Waals surface area (Å²) in [5.74, 6) is 0.153. The number of hydrogen-bond donors (Lipinski definition) is 1. The summed E-state index contributed by atoms with van der Waals surface area (Å²) in [6.07, 6.45) is 0. The van der Waals surface area contributed by atoms with Gasteiger partial charge in [-0.05, 0) is 29.8 Å². The Morgan fingerprint density at radius 1 is 1.26 bits per heavy atom. The molecule has 0 bridgehead atoms. The van der Waals surface area contributed by atoms with E-state index in [1.807, 2.05) is 18.2 Å². The maximum Gasteiger partial charge on any atom is 0.144 e. The summed E-state index contributed by atoms with van der Waals surface area (Å²) in [6.45, 7) is 0.583. The first-order valence-electron chi connectivity index (χ1n) is 5.61. The predicted octanol–water partition coefficient (Wildman–Crippen LogP) is 4.86. The highest BCUT2D eigenvalue weighted by molar-refractivity contribution is 9.10. The first-order chi connectivity index (χ1) is 9.10. The summed E-state index contributed by atoms with van der Waals surface area (Å²) < 4.78 is 19.1. The van der Waals surface area contributed by atoms with Crippen LogP contribution in [0.15, 0.2) is 40.9 Å². The first kappa shape index (κ1) is 14.2. The van der Waals surface area contributed by atoms with Crippen molar-refractivity contribution in [3.63, 3.8) is 0 Å². The smallest absolute Gasteiger partial charge is 0.144 e. The van der Waals surface area contributed by atoms with Gasteiger partial charge in [0, 0.05) is 22.1 Å². The summed E-state index contributed by atoms with van der Waals surface area (Å²) in [5, 5.41) is 3.88. The van der Waals surface area contributed by atoms with Gasteiger partial charge in [-0.15, -0.1) is 0 Å². The van der Waals surface area contributed by atoms with Crippen LogP contribution in [0.2, 0.25) is 5.02 Å². The third kappa shape index (κ3) is 3.61. The SMILES string of the molecule is COc1cc(F)ccc1NCc1ccc(Cl)cc1Br. The molecule has 0 aromatic heterocycles. The van der Waals surface area contributed by atoms with E-state index in [0.29, 0.717) is 17.3 Å². The molecule has 0 saturated heterocycles. The van der Waals surface area contributed by atoms with Crippen molar-refractivity contribution in [3.8, 4) is 5.75 Å². The van der Waals surface area contributed by atoms with Crippen LogP contribution < -0.4 is 10.1 Å². The zero-order valence-electron chi connectivity index (χ0n) is 10.2. The zero-order valence-corrected chi connectivity index (χ0v) is 12.6. The lowest BCUT2D eigenvalue weighted by Crippen LogP contribution is -2.02. The molecule has 5 heteroatoms. The third-order valence-corrected chi connectivity index (χ3v) is 3.62. The second-order valence-corrected chi connectivity index (χ2v) is 5.22. The quantitative estimate of drug-likeness (QED) is 0.855. The molecule has 0 heterocycles. The van der Waals surface area contributed by atoms with Crippen LogP contribution in [0.25, 0.3) is 0 Å². The van der Waals surface area contributed by atoms with Crippen LogP contribution in [0.3, 0.4) is 0 Å². The number of anilines is 1. The Kier molecular flexibility index (Phi) is 4.66. The van der Waals surface area contributed by atoms with Crippen molar-refractivity contribution in [2.75, 3.05) is 12.4 Å². The van der Waals surface area contributed by atoms with Gasteiger partial charge < -0.3 is 10.1 Å². The molecule has 0 saturated carbocycles. The van der Waals surface area contributed by atoms with Gasteiger partial charge in [0.25, 0.3) is 0 Å². The molecule has 2 rings (SSSR count). The molecule has 2 aromatic rings. The fourth-order valence-corrected chi connectivity index (χ4v) is 2.49. The van der Waals surface area contributed by atoms with Crippen molar-refractivity contribution >= 4 is 33.2 Å². The van der Waals surface area contributed by atoms with Crippen molar-refractivity contribution < 1.29 is 9.13 Å². The van der Waals surface area contributed by atoms with Crippen LogP contribution >= 0.6 is 27.5 Å². The first-order valence-corrected chi connectivity index (χ1v) is 6.78. The fourth-order valence-electron chi connectivity index (χ4n) is 1.67. The minimum atomic E-state index is -0.324. The number of benzene rings is 2. The monoisotopic (exact) mass is 343 g/mol. The molecule has 0 aliphatic carbocycles. The molecule has 1 N–H and O–H groups in total. The van der Waals surface area contributed by atoms with E-state index in [1.165, 1.54) is 19.2 Å². The van der Waals surface area contributed by atoms with Gasteiger partial charge in [0.2, 0.25) is 0 Å². The van der Waals surface area contributed by atoms with Crippen molar-refractivity contribution in [2.45, 2.75) is 6.54 Å². The molecule has 100 valence electrons. The molecule has 0 amide bonds. The lowest BCUT2D eigenvalue weighted by atomic mass is 10.2. The Morgan fingerprint density at radius 3 is 2.74 bits per heavy atom. The molecule has 0 aliphatic rings. The largest absolute Gasteiger partial charge is 0.494 e. The molecular weight excluding hydrogens is 333 g/mol. The average Bonchev–Trinajstić information content (AvgIpc) is 2.39. The number of hydrogen-bond acceptors (Lipinski definition) is 2. The van der Waals surface area contributed by atoms with E-state index >= 15 is 0 Å². The Balaban J connectivity index is 2.14. The number of nitrogens with one attached hydrogen (secondary N) is 1. The normalized spacial score (nSPS) is 10.3. The van der Waals surface area contributed by atoms with Crippen LogP contribution in [-0.2, 0) is 6.54 Å². The standard InChI is InChI=1S/C14H12BrClFNO/c1-19-14-7-11(17)4-5-13(14)18-8-9-2-3-10(16)6-12(9)15/h2-7,18H,8H2,1H3. The topological polar surface area (TPSA) is 21.3 Å². The van der Waals surface area contributed by atoms with Crippen molar-refractivity contribution in [2.24, 2.45) is 0 Å². The highest BCUT2D eigenvalue weighted by Crippen LogP contribution is 2.27. The highest BCUT2D eigenvalue weighted by atomic mass is 79.9. The van der Waals surface area contributed by atoms with Crippen molar-refractivity contribution in [1.82, 2.24) is 0 Å². The van der Waals surface area contributed by atoms with Gasteiger partial charge in [-0.3, -0.25) is 0 Å².